The third kappa shape index (κ3) is 5.52. The first-order chi connectivity index (χ1) is 11.1. The summed E-state index contributed by atoms with van der Waals surface area (Å²) in [5.41, 5.74) is 0. The molecular formula is C18H29N3O2. The molecule has 23 heavy (non-hydrogen) atoms. The van der Waals surface area contributed by atoms with Gasteiger partial charge in [-0.25, -0.2) is 0 Å². The lowest BCUT2D eigenvalue weighted by molar-refractivity contribution is -0.126. The summed E-state index contributed by atoms with van der Waals surface area (Å²) in [5, 5.41) is 3.04. The first-order valence-corrected chi connectivity index (χ1v) is 8.52. The van der Waals surface area contributed by atoms with Crippen molar-refractivity contribution in [2.24, 2.45) is 0 Å². The Hall–Kier alpha value is -1.59. The number of piperazine rings is 1. The molecule has 0 aliphatic carbocycles. The molecule has 2 rings (SSSR count). The summed E-state index contributed by atoms with van der Waals surface area (Å²) >= 11 is 0. The zero-order valence-corrected chi connectivity index (χ0v) is 14.5. The first-order valence-electron chi connectivity index (χ1n) is 8.52. The van der Waals surface area contributed by atoms with Crippen LogP contribution in [0.3, 0.4) is 0 Å². The third-order valence-electron chi connectivity index (χ3n) is 4.47. The van der Waals surface area contributed by atoms with E-state index in [1.807, 2.05) is 37.3 Å². The van der Waals surface area contributed by atoms with Gasteiger partial charge in [0.15, 0.2) is 0 Å². The molecule has 1 heterocycles. The second kappa shape index (κ2) is 8.89. The van der Waals surface area contributed by atoms with Gasteiger partial charge in [-0.2, -0.15) is 0 Å². The number of rotatable bonds is 7. The van der Waals surface area contributed by atoms with Crippen LogP contribution >= 0.6 is 0 Å². The number of benzene rings is 1. The standard InChI is InChI=1S/C18H29N3O2/c1-4-16(23-17-8-6-5-7-9-17)14-19-18(22)15(2)21-12-10-20(3)11-13-21/h5-9,15-16H,4,10-14H2,1-3H3,(H,19,22)/t15-,16+/m1/s1. The summed E-state index contributed by atoms with van der Waals surface area (Å²) < 4.78 is 5.92. The van der Waals surface area contributed by atoms with Gasteiger partial charge in [0.25, 0.3) is 0 Å². The molecule has 0 spiro atoms. The summed E-state index contributed by atoms with van der Waals surface area (Å²) in [7, 11) is 2.12. The van der Waals surface area contributed by atoms with E-state index in [1.165, 1.54) is 0 Å². The van der Waals surface area contributed by atoms with E-state index in [-0.39, 0.29) is 18.1 Å². The first kappa shape index (κ1) is 17.8. The van der Waals surface area contributed by atoms with E-state index in [2.05, 4.69) is 29.1 Å². The smallest absolute Gasteiger partial charge is 0.237 e. The monoisotopic (exact) mass is 319 g/mol. The molecule has 1 aromatic rings. The summed E-state index contributed by atoms with van der Waals surface area (Å²) in [4.78, 5) is 16.9. The largest absolute Gasteiger partial charge is 0.489 e. The zero-order chi connectivity index (χ0) is 16.7. The fourth-order valence-corrected chi connectivity index (χ4v) is 2.70. The summed E-state index contributed by atoms with van der Waals surface area (Å²) in [6.07, 6.45) is 0.860. The van der Waals surface area contributed by atoms with Crippen molar-refractivity contribution < 1.29 is 9.53 Å². The Kier molecular flexibility index (Phi) is 6.86. The Morgan fingerprint density at radius 3 is 2.48 bits per heavy atom. The zero-order valence-electron chi connectivity index (χ0n) is 14.5. The molecule has 5 nitrogen and oxygen atoms in total. The van der Waals surface area contributed by atoms with Crippen LogP contribution in [-0.2, 0) is 4.79 Å². The van der Waals surface area contributed by atoms with Crippen LogP contribution in [0, 0.1) is 0 Å². The number of para-hydroxylation sites is 1. The van der Waals surface area contributed by atoms with Crippen molar-refractivity contribution in [1.82, 2.24) is 15.1 Å². The molecule has 1 fully saturated rings. The van der Waals surface area contributed by atoms with Gasteiger partial charge in [-0.15, -0.1) is 0 Å². The van der Waals surface area contributed by atoms with Gasteiger partial charge in [-0.1, -0.05) is 25.1 Å². The Morgan fingerprint density at radius 1 is 1.22 bits per heavy atom. The van der Waals surface area contributed by atoms with Crippen LogP contribution in [0.4, 0.5) is 0 Å². The maximum absolute atomic E-state index is 12.4. The van der Waals surface area contributed by atoms with Gasteiger partial charge in [0.1, 0.15) is 11.9 Å². The SMILES string of the molecule is CC[C@@H](CNC(=O)[C@@H](C)N1CCN(C)CC1)Oc1ccccc1. The van der Waals surface area contributed by atoms with Crippen LogP contribution in [0.15, 0.2) is 30.3 Å². The number of likely N-dealkylation sites (N-methyl/N-ethyl adjacent to an activating group) is 1. The topological polar surface area (TPSA) is 44.8 Å². The summed E-state index contributed by atoms with van der Waals surface area (Å²) in [5.74, 6) is 0.936. The molecule has 128 valence electrons. The molecule has 0 unspecified atom stereocenters. The molecule has 2 atom stereocenters. The quantitative estimate of drug-likeness (QED) is 0.829. The second-order valence-electron chi connectivity index (χ2n) is 6.22. The van der Waals surface area contributed by atoms with Gasteiger partial charge < -0.3 is 15.0 Å². The normalized spacial score (nSPS) is 19.1. The van der Waals surface area contributed by atoms with Gasteiger partial charge in [0.05, 0.1) is 12.6 Å². The van der Waals surface area contributed by atoms with Crippen LogP contribution in [0.2, 0.25) is 0 Å². The summed E-state index contributed by atoms with van der Waals surface area (Å²) in [6.45, 7) is 8.54. The Morgan fingerprint density at radius 2 is 1.87 bits per heavy atom. The van der Waals surface area contributed by atoms with Crippen molar-refractivity contribution in [1.29, 1.82) is 0 Å². The van der Waals surface area contributed by atoms with Crippen molar-refractivity contribution in [2.75, 3.05) is 39.8 Å². The predicted molar refractivity (Wildman–Crippen MR) is 92.7 cm³/mol. The van der Waals surface area contributed by atoms with Gasteiger partial charge in [-0.3, -0.25) is 9.69 Å². The average molecular weight is 319 g/mol. The highest BCUT2D eigenvalue weighted by atomic mass is 16.5. The number of nitrogens with zero attached hydrogens (tertiary/aromatic N) is 2. The third-order valence-corrected chi connectivity index (χ3v) is 4.47. The van der Waals surface area contributed by atoms with Crippen molar-refractivity contribution in [2.45, 2.75) is 32.4 Å². The second-order valence-corrected chi connectivity index (χ2v) is 6.22. The molecule has 0 bridgehead atoms. The number of amides is 1. The maximum atomic E-state index is 12.4. The molecule has 0 aromatic heterocycles. The number of hydrogen-bond donors (Lipinski definition) is 1. The van der Waals surface area contributed by atoms with E-state index in [1.54, 1.807) is 0 Å². The van der Waals surface area contributed by atoms with E-state index in [9.17, 15) is 4.79 Å². The van der Waals surface area contributed by atoms with Gasteiger partial charge in [-0.05, 0) is 32.5 Å². The van der Waals surface area contributed by atoms with E-state index in [0.29, 0.717) is 6.54 Å². The van der Waals surface area contributed by atoms with Crippen molar-refractivity contribution in [3.8, 4) is 5.75 Å². The van der Waals surface area contributed by atoms with E-state index in [4.69, 9.17) is 4.74 Å². The molecule has 0 saturated carbocycles. The Bertz CT molecular complexity index is 472. The van der Waals surface area contributed by atoms with Crippen LogP contribution in [0.25, 0.3) is 0 Å². The fourth-order valence-electron chi connectivity index (χ4n) is 2.70. The highest BCUT2D eigenvalue weighted by molar-refractivity contribution is 5.81. The van der Waals surface area contributed by atoms with Crippen molar-refractivity contribution in [3.05, 3.63) is 30.3 Å². The molecule has 0 radical (unpaired) electrons. The lowest BCUT2D eigenvalue weighted by Gasteiger charge is -2.35. The maximum Gasteiger partial charge on any atom is 0.237 e. The van der Waals surface area contributed by atoms with E-state index < -0.39 is 0 Å². The van der Waals surface area contributed by atoms with Gasteiger partial charge in [0.2, 0.25) is 5.91 Å². The molecule has 1 amide bonds. The lowest BCUT2D eigenvalue weighted by Crippen LogP contribution is -2.53. The number of carbonyl (C=O) groups is 1. The van der Waals surface area contributed by atoms with Crippen molar-refractivity contribution in [3.63, 3.8) is 0 Å². The van der Waals surface area contributed by atoms with Gasteiger partial charge in [0, 0.05) is 26.2 Å². The lowest BCUT2D eigenvalue weighted by atomic mass is 10.2. The van der Waals surface area contributed by atoms with Gasteiger partial charge >= 0.3 is 0 Å². The molecule has 5 heteroatoms. The molecule has 1 aliphatic rings. The molecule has 1 N–H and O–H groups in total. The predicted octanol–water partition coefficient (Wildman–Crippen LogP) is 1.60. The highest BCUT2D eigenvalue weighted by Gasteiger charge is 2.24. The molecule has 1 aromatic carbocycles. The van der Waals surface area contributed by atoms with E-state index in [0.717, 1.165) is 38.3 Å². The number of nitrogens with one attached hydrogen (secondary N) is 1. The van der Waals surface area contributed by atoms with E-state index >= 15 is 0 Å². The van der Waals surface area contributed by atoms with Crippen LogP contribution < -0.4 is 10.1 Å². The molecule has 1 aliphatic heterocycles. The molecule has 1 saturated heterocycles. The highest BCUT2D eigenvalue weighted by Crippen LogP contribution is 2.12. The number of ether oxygens (including phenoxy) is 1. The minimum absolute atomic E-state index is 0.000962. The summed E-state index contributed by atoms with van der Waals surface area (Å²) in [6, 6.07) is 9.67. The Labute approximate surface area is 139 Å². The molecular weight excluding hydrogens is 290 g/mol. The van der Waals surface area contributed by atoms with Crippen LogP contribution in [0.5, 0.6) is 5.75 Å². The minimum atomic E-state index is -0.0852. The number of carbonyl (C=O) groups excluding carboxylic acids is 1. The average Bonchev–Trinajstić information content (AvgIpc) is 2.59. The minimum Gasteiger partial charge on any atom is -0.489 e. The van der Waals surface area contributed by atoms with Crippen molar-refractivity contribution >= 4 is 5.91 Å². The van der Waals surface area contributed by atoms with Crippen LogP contribution in [0.1, 0.15) is 20.3 Å². The van der Waals surface area contributed by atoms with Crippen LogP contribution in [-0.4, -0.2) is 67.6 Å². The fraction of sp³-hybridized carbons (Fsp3) is 0.611. The Balaban J connectivity index is 1.77. The number of hydrogen-bond acceptors (Lipinski definition) is 4.